The molecule has 2 rings (SSSR count). The number of carbonyl (C=O) groups excluding carboxylic acids is 1. The first kappa shape index (κ1) is 16.6. The Hall–Kier alpha value is -1.72. The second kappa shape index (κ2) is 8.06. The molecule has 0 aliphatic heterocycles. The fraction of sp³-hybridized carbons (Fsp3) is 0.412. The number of aryl methyl sites for hydroxylation is 1. The molecule has 2 aromatic heterocycles. The third kappa shape index (κ3) is 4.15. The number of thiophene rings is 1. The van der Waals surface area contributed by atoms with Crippen LogP contribution < -0.4 is 5.32 Å². The SMILES string of the molecule is CCN(CC)C(CNC(=O)c1cccc(C)n1)c1ccsc1. The van der Waals surface area contributed by atoms with Crippen LogP contribution in [0.5, 0.6) is 0 Å². The molecular weight excluding hydrogens is 294 g/mol. The molecule has 2 aromatic rings. The fourth-order valence-electron chi connectivity index (χ4n) is 2.54. The summed E-state index contributed by atoms with van der Waals surface area (Å²) in [7, 11) is 0. The van der Waals surface area contributed by atoms with Gasteiger partial charge in [-0.1, -0.05) is 19.9 Å². The van der Waals surface area contributed by atoms with Gasteiger partial charge in [-0.2, -0.15) is 11.3 Å². The molecule has 5 heteroatoms. The van der Waals surface area contributed by atoms with E-state index in [1.807, 2.05) is 19.1 Å². The van der Waals surface area contributed by atoms with Crippen molar-refractivity contribution in [2.75, 3.05) is 19.6 Å². The predicted octanol–water partition coefficient (Wildman–Crippen LogP) is 3.26. The van der Waals surface area contributed by atoms with Gasteiger partial charge in [0.05, 0.1) is 6.04 Å². The molecule has 1 unspecified atom stereocenters. The van der Waals surface area contributed by atoms with E-state index in [0.717, 1.165) is 18.8 Å². The van der Waals surface area contributed by atoms with Crippen LogP contribution >= 0.6 is 11.3 Å². The van der Waals surface area contributed by atoms with Crippen molar-refractivity contribution in [2.45, 2.75) is 26.8 Å². The van der Waals surface area contributed by atoms with Gasteiger partial charge < -0.3 is 5.32 Å². The van der Waals surface area contributed by atoms with Crippen molar-refractivity contribution in [2.24, 2.45) is 0 Å². The Kier molecular flexibility index (Phi) is 6.10. The van der Waals surface area contributed by atoms with Crippen molar-refractivity contribution < 1.29 is 4.79 Å². The molecular formula is C17H23N3OS. The van der Waals surface area contributed by atoms with E-state index in [-0.39, 0.29) is 11.9 Å². The Labute approximate surface area is 136 Å². The van der Waals surface area contributed by atoms with Crippen LogP contribution in [0.4, 0.5) is 0 Å². The molecule has 0 spiro atoms. The molecule has 1 N–H and O–H groups in total. The average Bonchev–Trinajstić information content (AvgIpc) is 3.05. The molecule has 0 aliphatic rings. The van der Waals surface area contributed by atoms with Gasteiger partial charge in [-0.3, -0.25) is 9.69 Å². The number of carbonyl (C=O) groups is 1. The van der Waals surface area contributed by atoms with Crippen LogP contribution in [-0.4, -0.2) is 35.4 Å². The monoisotopic (exact) mass is 317 g/mol. The van der Waals surface area contributed by atoms with Crippen LogP contribution in [0.2, 0.25) is 0 Å². The number of nitrogens with one attached hydrogen (secondary N) is 1. The van der Waals surface area contributed by atoms with E-state index in [4.69, 9.17) is 0 Å². The molecule has 0 radical (unpaired) electrons. The quantitative estimate of drug-likeness (QED) is 0.852. The maximum atomic E-state index is 12.3. The first-order valence-electron chi connectivity index (χ1n) is 7.63. The van der Waals surface area contributed by atoms with Crippen LogP contribution in [0.3, 0.4) is 0 Å². The highest BCUT2D eigenvalue weighted by Crippen LogP contribution is 2.22. The molecule has 1 atom stereocenters. The minimum Gasteiger partial charge on any atom is -0.349 e. The van der Waals surface area contributed by atoms with Crippen LogP contribution in [0.25, 0.3) is 0 Å². The molecule has 0 aromatic carbocycles. The molecule has 0 aliphatic carbocycles. The molecule has 22 heavy (non-hydrogen) atoms. The first-order chi connectivity index (χ1) is 10.7. The van der Waals surface area contributed by atoms with Gasteiger partial charge in [-0.05, 0) is 54.5 Å². The van der Waals surface area contributed by atoms with Crippen molar-refractivity contribution in [1.29, 1.82) is 0 Å². The fourth-order valence-corrected chi connectivity index (χ4v) is 3.24. The van der Waals surface area contributed by atoms with E-state index < -0.39 is 0 Å². The standard InChI is InChI=1S/C17H23N3OS/c1-4-20(5-2)16(14-9-10-22-12-14)11-18-17(21)15-8-6-7-13(3)19-15/h6-10,12,16H,4-5,11H2,1-3H3,(H,18,21). The van der Waals surface area contributed by atoms with E-state index in [1.165, 1.54) is 5.56 Å². The normalized spacial score (nSPS) is 12.4. The highest BCUT2D eigenvalue weighted by Gasteiger charge is 2.19. The zero-order valence-electron chi connectivity index (χ0n) is 13.4. The summed E-state index contributed by atoms with van der Waals surface area (Å²) in [6.07, 6.45) is 0. The van der Waals surface area contributed by atoms with Crippen molar-refractivity contribution in [3.8, 4) is 0 Å². The first-order valence-corrected chi connectivity index (χ1v) is 8.58. The minimum atomic E-state index is -0.115. The maximum absolute atomic E-state index is 12.3. The smallest absolute Gasteiger partial charge is 0.269 e. The van der Waals surface area contributed by atoms with Crippen molar-refractivity contribution >= 4 is 17.2 Å². The summed E-state index contributed by atoms with van der Waals surface area (Å²) in [6.45, 7) is 8.68. The molecule has 118 valence electrons. The summed E-state index contributed by atoms with van der Waals surface area (Å²) in [5.41, 5.74) is 2.58. The third-order valence-corrected chi connectivity index (χ3v) is 4.46. The zero-order chi connectivity index (χ0) is 15.9. The van der Waals surface area contributed by atoms with Crippen LogP contribution in [0.1, 0.15) is 41.6 Å². The largest absolute Gasteiger partial charge is 0.349 e. The third-order valence-electron chi connectivity index (χ3n) is 3.76. The number of hydrogen-bond acceptors (Lipinski definition) is 4. The van der Waals surface area contributed by atoms with Gasteiger partial charge in [0, 0.05) is 12.2 Å². The van der Waals surface area contributed by atoms with Crippen molar-refractivity contribution in [3.63, 3.8) is 0 Å². The lowest BCUT2D eigenvalue weighted by atomic mass is 10.1. The van der Waals surface area contributed by atoms with Gasteiger partial charge >= 0.3 is 0 Å². The van der Waals surface area contributed by atoms with Gasteiger partial charge in [0.1, 0.15) is 5.69 Å². The molecule has 2 heterocycles. The maximum Gasteiger partial charge on any atom is 0.269 e. The molecule has 0 saturated carbocycles. The molecule has 1 amide bonds. The molecule has 0 saturated heterocycles. The topological polar surface area (TPSA) is 45.2 Å². The van der Waals surface area contributed by atoms with Gasteiger partial charge in [-0.15, -0.1) is 0 Å². The Bertz CT molecular complexity index is 594. The lowest BCUT2D eigenvalue weighted by molar-refractivity contribution is 0.0930. The summed E-state index contributed by atoms with van der Waals surface area (Å²) in [5.74, 6) is -0.115. The summed E-state index contributed by atoms with van der Waals surface area (Å²) < 4.78 is 0. The highest BCUT2D eigenvalue weighted by molar-refractivity contribution is 7.07. The Morgan fingerprint density at radius 3 is 2.68 bits per heavy atom. The minimum absolute atomic E-state index is 0.115. The Balaban J connectivity index is 2.06. The summed E-state index contributed by atoms with van der Waals surface area (Å²) in [5, 5.41) is 7.26. The molecule has 4 nitrogen and oxygen atoms in total. The Morgan fingerprint density at radius 2 is 2.09 bits per heavy atom. The predicted molar refractivity (Wildman–Crippen MR) is 91.3 cm³/mol. The second-order valence-corrected chi connectivity index (χ2v) is 5.95. The van der Waals surface area contributed by atoms with Crippen molar-refractivity contribution in [3.05, 3.63) is 52.0 Å². The molecule has 0 fully saturated rings. The zero-order valence-corrected chi connectivity index (χ0v) is 14.2. The molecule has 0 bridgehead atoms. The average molecular weight is 317 g/mol. The number of pyridine rings is 1. The number of amides is 1. The highest BCUT2D eigenvalue weighted by atomic mass is 32.1. The van der Waals surface area contributed by atoms with Crippen molar-refractivity contribution in [1.82, 2.24) is 15.2 Å². The lowest BCUT2D eigenvalue weighted by Crippen LogP contribution is -2.38. The van der Waals surface area contributed by atoms with Crippen LogP contribution in [-0.2, 0) is 0 Å². The number of hydrogen-bond donors (Lipinski definition) is 1. The van der Waals surface area contributed by atoms with E-state index >= 15 is 0 Å². The summed E-state index contributed by atoms with van der Waals surface area (Å²) in [4.78, 5) is 18.9. The van der Waals surface area contributed by atoms with E-state index in [9.17, 15) is 4.79 Å². The Morgan fingerprint density at radius 1 is 1.32 bits per heavy atom. The number of aromatic nitrogens is 1. The second-order valence-electron chi connectivity index (χ2n) is 5.17. The van der Waals surface area contributed by atoms with Crippen LogP contribution in [0, 0.1) is 6.92 Å². The number of nitrogens with zero attached hydrogens (tertiary/aromatic N) is 2. The van der Waals surface area contributed by atoms with Gasteiger partial charge in [0.25, 0.3) is 5.91 Å². The van der Waals surface area contributed by atoms with E-state index in [0.29, 0.717) is 12.2 Å². The summed E-state index contributed by atoms with van der Waals surface area (Å²) >= 11 is 1.69. The number of rotatable bonds is 7. The lowest BCUT2D eigenvalue weighted by Gasteiger charge is -2.29. The van der Waals surface area contributed by atoms with Gasteiger partial charge in [0.2, 0.25) is 0 Å². The van der Waals surface area contributed by atoms with Gasteiger partial charge in [0.15, 0.2) is 0 Å². The van der Waals surface area contributed by atoms with Crippen LogP contribution in [0.15, 0.2) is 35.0 Å². The number of likely N-dealkylation sites (N-methyl/N-ethyl adjacent to an activating group) is 1. The van der Waals surface area contributed by atoms with E-state index in [1.54, 1.807) is 17.4 Å². The van der Waals surface area contributed by atoms with Gasteiger partial charge in [-0.25, -0.2) is 4.98 Å². The van der Waals surface area contributed by atoms with E-state index in [2.05, 4.69) is 45.9 Å². The summed E-state index contributed by atoms with van der Waals surface area (Å²) in [6, 6.07) is 7.83.